The minimum Gasteiger partial charge on any atom is -0.400 e. The van der Waals surface area contributed by atoms with Gasteiger partial charge in [0.2, 0.25) is 0 Å². The van der Waals surface area contributed by atoms with Crippen molar-refractivity contribution in [3.8, 4) is 0 Å². The smallest absolute Gasteiger partial charge is 0.157 e. The summed E-state index contributed by atoms with van der Waals surface area (Å²) in [7, 11) is 1.68. The van der Waals surface area contributed by atoms with Gasteiger partial charge in [0.25, 0.3) is 0 Å². The third-order valence-corrected chi connectivity index (χ3v) is 2.03. The van der Waals surface area contributed by atoms with Crippen molar-refractivity contribution in [1.82, 2.24) is 4.90 Å². The van der Waals surface area contributed by atoms with E-state index in [0.717, 1.165) is 24.6 Å². The Morgan fingerprint density at radius 1 is 1.67 bits per heavy atom. The Hall–Kier alpha value is -1.36. The van der Waals surface area contributed by atoms with Crippen molar-refractivity contribution in [3.63, 3.8) is 0 Å². The summed E-state index contributed by atoms with van der Waals surface area (Å²) in [5, 5.41) is 0. The molecule has 1 heterocycles. The van der Waals surface area contributed by atoms with Gasteiger partial charge in [-0.2, -0.15) is 0 Å². The summed E-state index contributed by atoms with van der Waals surface area (Å²) in [5.41, 5.74) is 7.20. The molecule has 0 unspecified atom stereocenters. The van der Waals surface area contributed by atoms with Gasteiger partial charge in [-0.15, -0.1) is 0 Å². The lowest BCUT2D eigenvalue weighted by Gasteiger charge is -2.15. The normalized spacial score (nSPS) is 21.5. The van der Waals surface area contributed by atoms with Gasteiger partial charge in [0.15, 0.2) is 5.84 Å². The number of nitrogens with two attached hydrogens (primary N) is 1. The highest BCUT2D eigenvalue weighted by molar-refractivity contribution is 6.09. The molecule has 0 bridgehead atoms. The highest BCUT2D eigenvalue weighted by Gasteiger charge is 2.20. The standard InChI is InChI=1S/C10H18N4O/c1-4-12-10-9(8(2)11)13-7-14(10)5-6-15-3/h7H,4-6,11H2,1-3H3/b9-8-,12-10+. The highest BCUT2D eigenvalue weighted by Crippen LogP contribution is 2.13. The van der Waals surface area contributed by atoms with Crippen LogP contribution < -0.4 is 5.73 Å². The van der Waals surface area contributed by atoms with E-state index in [1.165, 1.54) is 0 Å². The molecule has 0 spiro atoms. The van der Waals surface area contributed by atoms with Gasteiger partial charge in [0.1, 0.15) is 5.70 Å². The van der Waals surface area contributed by atoms with Crippen LogP contribution in [-0.4, -0.2) is 43.9 Å². The van der Waals surface area contributed by atoms with Crippen molar-refractivity contribution in [2.45, 2.75) is 13.8 Å². The summed E-state index contributed by atoms with van der Waals surface area (Å²) in [6.45, 7) is 5.93. The molecule has 0 aromatic rings. The molecule has 0 fully saturated rings. The molecule has 1 rings (SSSR count). The molecular formula is C10H18N4O. The van der Waals surface area contributed by atoms with Gasteiger partial charge in [-0.25, -0.2) is 4.99 Å². The minimum atomic E-state index is 0.644. The Kier molecular flexibility index (Phi) is 4.30. The molecule has 0 radical (unpaired) electrons. The van der Waals surface area contributed by atoms with Crippen LogP contribution >= 0.6 is 0 Å². The first-order valence-corrected chi connectivity index (χ1v) is 5.01. The number of aliphatic imine (C=N–C) groups is 2. The van der Waals surface area contributed by atoms with E-state index < -0.39 is 0 Å². The maximum Gasteiger partial charge on any atom is 0.157 e. The Bertz CT molecular complexity index is 303. The largest absolute Gasteiger partial charge is 0.400 e. The van der Waals surface area contributed by atoms with Crippen LogP contribution in [0.2, 0.25) is 0 Å². The van der Waals surface area contributed by atoms with Gasteiger partial charge in [-0.05, 0) is 13.8 Å². The van der Waals surface area contributed by atoms with Crippen molar-refractivity contribution in [1.29, 1.82) is 0 Å². The first-order chi connectivity index (χ1) is 7.20. The van der Waals surface area contributed by atoms with Crippen LogP contribution in [0.4, 0.5) is 0 Å². The molecule has 84 valence electrons. The predicted molar refractivity (Wildman–Crippen MR) is 61.9 cm³/mol. The first kappa shape index (κ1) is 11.7. The second kappa shape index (κ2) is 5.50. The van der Waals surface area contributed by atoms with Crippen LogP contribution in [-0.2, 0) is 4.74 Å². The van der Waals surface area contributed by atoms with E-state index in [9.17, 15) is 0 Å². The monoisotopic (exact) mass is 210 g/mol. The maximum atomic E-state index is 5.74. The van der Waals surface area contributed by atoms with Gasteiger partial charge < -0.3 is 15.4 Å². The lowest BCUT2D eigenvalue weighted by molar-refractivity contribution is 0.191. The van der Waals surface area contributed by atoms with Crippen molar-refractivity contribution < 1.29 is 4.74 Å². The molecule has 0 saturated carbocycles. The van der Waals surface area contributed by atoms with Gasteiger partial charge >= 0.3 is 0 Å². The quantitative estimate of drug-likeness (QED) is 0.738. The number of hydrogen-bond acceptors (Lipinski definition) is 4. The zero-order valence-electron chi connectivity index (χ0n) is 9.53. The van der Waals surface area contributed by atoms with Crippen molar-refractivity contribution >= 4 is 12.2 Å². The van der Waals surface area contributed by atoms with Crippen LogP contribution in [0.1, 0.15) is 13.8 Å². The SMILES string of the molecule is CC/N=C1\C(=C(/C)N)N=CN1CCOC. The first-order valence-electron chi connectivity index (χ1n) is 5.01. The van der Waals surface area contributed by atoms with Gasteiger partial charge in [0.05, 0.1) is 12.9 Å². The number of hydrogen-bond donors (Lipinski definition) is 1. The van der Waals surface area contributed by atoms with Crippen LogP contribution in [0.5, 0.6) is 0 Å². The molecule has 0 amide bonds. The third-order valence-electron chi connectivity index (χ3n) is 2.03. The van der Waals surface area contributed by atoms with Gasteiger partial charge in [0, 0.05) is 25.9 Å². The molecule has 1 aliphatic rings. The zero-order valence-corrected chi connectivity index (χ0v) is 9.53. The average molecular weight is 210 g/mol. The number of allylic oxidation sites excluding steroid dienone is 1. The van der Waals surface area contributed by atoms with E-state index in [-0.39, 0.29) is 0 Å². The maximum absolute atomic E-state index is 5.74. The number of rotatable bonds is 4. The van der Waals surface area contributed by atoms with E-state index >= 15 is 0 Å². The van der Waals surface area contributed by atoms with Crippen molar-refractivity contribution in [3.05, 3.63) is 11.4 Å². The Labute approximate surface area is 90.3 Å². The topological polar surface area (TPSA) is 63.2 Å². The molecule has 15 heavy (non-hydrogen) atoms. The number of methoxy groups -OCH3 is 1. The molecule has 0 saturated heterocycles. The number of ether oxygens (including phenoxy) is 1. The summed E-state index contributed by atoms with van der Waals surface area (Å²) in [6, 6.07) is 0. The Morgan fingerprint density at radius 3 is 2.93 bits per heavy atom. The van der Waals surface area contributed by atoms with Crippen LogP contribution in [0.25, 0.3) is 0 Å². The minimum absolute atomic E-state index is 0.644. The fraction of sp³-hybridized carbons (Fsp3) is 0.600. The van der Waals surface area contributed by atoms with E-state index in [2.05, 4.69) is 9.98 Å². The van der Waals surface area contributed by atoms with Gasteiger partial charge in [-0.3, -0.25) is 4.99 Å². The Morgan fingerprint density at radius 2 is 2.40 bits per heavy atom. The summed E-state index contributed by atoms with van der Waals surface area (Å²) in [4.78, 5) is 10.6. The summed E-state index contributed by atoms with van der Waals surface area (Å²) in [6.07, 6.45) is 1.75. The highest BCUT2D eigenvalue weighted by atomic mass is 16.5. The van der Waals surface area contributed by atoms with E-state index in [4.69, 9.17) is 10.5 Å². The number of nitrogens with zero attached hydrogens (tertiary/aromatic N) is 3. The van der Waals surface area contributed by atoms with E-state index in [1.54, 1.807) is 13.4 Å². The average Bonchev–Trinajstić information content (AvgIpc) is 2.59. The second-order valence-electron chi connectivity index (χ2n) is 3.26. The molecule has 0 atom stereocenters. The summed E-state index contributed by atoms with van der Waals surface area (Å²) in [5.74, 6) is 0.842. The van der Waals surface area contributed by atoms with E-state index in [1.807, 2.05) is 18.7 Å². The zero-order chi connectivity index (χ0) is 11.3. The van der Waals surface area contributed by atoms with Crippen LogP contribution in [0, 0.1) is 0 Å². The van der Waals surface area contributed by atoms with E-state index in [0.29, 0.717) is 12.3 Å². The lowest BCUT2D eigenvalue weighted by atomic mass is 10.3. The molecule has 0 aliphatic carbocycles. The summed E-state index contributed by atoms with van der Waals surface area (Å²) >= 11 is 0. The van der Waals surface area contributed by atoms with Crippen molar-refractivity contribution in [2.75, 3.05) is 26.8 Å². The third kappa shape index (κ3) is 2.79. The second-order valence-corrected chi connectivity index (χ2v) is 3.26. The molecular weight excluding hydrogens is 192 g/mol. The Balaban J connectivity index is 2.81. The molecule has 0 aromatic carbocycles. The predicted octanol–water partition coefficient (Wildman–Crippen LogP) is 0.585. The van der Waals surface area contributed by atoms with Crippen LogP contribution in [0.15, 0.2) is 21.4 Å². The molecule has 1 aliphatic heterocycles. The lowest BCUT2D eigenvalue weighted by Crippen LogP contribution is -2.30. The fourth-order valence-corrected chi connectivity index (χ4v) is 1.32. The van der Waals surface area contributed by atoms with Crippen molar-refractivity contribution in [2.24, 2.45) is 15.7 Å². The summed E-state index contributed by atoms with van der Waals surface area (Å²) < 4.78 is 5.02. The molecule has 5 heteroatoms. The molecule has 5 nitrogen and oxygen atoms in total. The van der Waals surface area contributed by atoms with Gasteiger partial charge in [-0.1, -0.05) is 0 Å². The number of amidine groups is 1. The van der Waals surface area contributed by atoms with Crippen LogP contribution in [0.3, 0.4) is 0 Å². The fourth-order valence-electron chi connectivity index (χ4n) is 1.32. The molecule has 0 aromatic heterocycles. The molecule has 2 N–H and O–H groups in total.